The van der Waals surface area contributed by atoms with Gasteiger partial charge < -0.3 is 5.73 Å². The molecule has 0 saturated carbocycles. The van der Waals surface area contributed by atoms with Gasteiger partial charge in [-0.1, -0.05) is 38.8 Å². The highest BCUT2D eigenvalue weighted by Crippen LogP contribution is 2.20. The van der Waals surface area contributed by atoms with Crippen LogP contribution in [0.15, 0.2) is 18.2 Å². The van der Waals surface area contributed by atoms with Crippen LogP contribution in [0.5, 0.6) is 0 Å². The molecule has 1 rings (SSSR count). The SMILES string of the molecule is Cc1ccc(C(N)CCCC(C)C)cc1F. The van der Waals surface area contributed by atoms with Crippen molar-refractivity contribution in [2.24, 2.45) is 11.7 Å². The molecule has 1 unspecified atom stereocenters. The molecule has 1 nitrogen and oxygen atoms in total. The second-order valence-corrected chi connectivity index (χ2v) is 4.94. The van der Waals surface area contributed by atoms with Gasteiger partial charge in [0, 0.05) is 6.04 Å². The lowest BCUT2D eigenvalue weighted by Gasteiger charge is -2.13. The molecule has 0 amide bonds. The Hall–Kier alpha value is -0.890. The van der Waals surface area contributed by atoms with E-state index in [0.717, 1.165) is 18.4 Å². The topological polar surface area (TPSA) is 26.0 Å². The fourth-order valence-corrected chi connectivity index (χ4v) is 1.75. The summed E-state index contributed by atoms with van der Waals surface area (Å²) in [6.45, 7) is 6.18. The van der Waals surface area contributed by atoms with E-state index < -0.39 is 0 Å². The highest BCUT2D eigenvalue weighted by molar-refractivity contribution is 5.25. The zero-order valence-electron chi connectivity index (χ0n) is 10.5. The molecule has 0 fully saturated rings. The molecule has 0 saturated heterocycles. The summed E-state index contributed by atoms with van der Waals surface area (Å²) >= 11 is 0. The molecule has 0 aliphatic rings. The Morgan fingerprint density at radius 2 is 1.94 bits per heavy atom. The lowest BCUT2D eigenvalue weighted by atomic mass is 9.98. The Labute approximate surface area is 97.9 Å². The minimum Gasteiger partial charge on any atom is -0.324 e. The maximum atomic E-state index is 13.3. The van der Waals surface area contributed by atoms with Crippen LogP contribution in [0.4, 0.5) is 4.39 Å². The van der Waals surface area contributed by atoms with Crippen LogP contribution in [0.3, 0.4) is 0 Å². The highest BCUT2D eigenvalue weighted by atomic mass is 19.1. The van der Waals surface area contributed by atoms with Gasteiger partial charge in [-0.25, -0.2) is 4.39 Å². The number of benzene rings is 1. The van der Waals surface area contributed by atoms with Gasteiger partial charge in [0.15, 0.2) is 0 Å². The minimum atomic E-state index is -0.156. The molecule has 1 aromatic rings. The number of halogens is 1. The summed E-state index contributed by atoms with van der Waals surface area (Å²) in [5.74, 6) is 0.554. The summed E-state index contributed by atoms with van der Waals surface area (Å²) < 4.78 is 13.3. The van der Waals surface area contributed by atoms with E-state index in [2.05, 4.69) is 13.8 Å². The Morgan fingerprint density at radius 1 is 1.25 bits per heavy atom. The third kappa shape index (κ3) is 3.93. The van der Waals surface area contributed by atoms with Crippen LogP contribution < -0.4 is 5.73 Å². The van der Waals surface area contributed by atoms with Crippen molar-refractivity contribution in [2.75, 3.05) is 0 Å². The van der Waals surface area contributed by atoms with E-state index in [1.807, 2.05) is 6.07 Å². The molecule has 16 heavy (non-hydrogen) atoms. The molecule has 2 heteroatoms. The average molecular weight is 223 g/mol. The lowest BCUT2D eigenvalue weighted by molar-refractivity contribution is 0.504. The average Bonchev–Trinajstić information content (AvgIpc) is 2.21. The lowest BCUT2D eigenvalue weighted by Crippen LogP contribution is -2.11. The van der Waals surface area contributed by atoms with Gasteiger partial charge in [-0.15, -0.1) is 0 Å². The molecular weight excluding hydrogens is 201 g/mol. The second kappa shape index (κ2) is 6.00. The molecule has 0 aliphatic carbocycles. The maximum absolute atomic E-state index is 13.3. The van der Waals surface area contributed by atoms with Gasteiger partial charge in [-0.05, 0) is 36.5 Å². The fourth-order valence-electron chi connectivity index (χ4n) is 1.75. The zero-order valence-corrected chi connectivity index (χ0v) is 10.5. The predicted octanol–water partition coefficient (Wildman–Crippen LogP) is 3.96. The van der Waals surface area contributed by atoms with E-state index in [4.69, 9.17) is 5.73 Å². The molecule has 1 atom stereocenters. The zero-order chi connectivity index (χ0) is 12.1. The largest absolute Gasteiger partial charge is 0.324 e. The quantitative estimate of drug-likeness (QED) is 0.803. The molecule has 0 radical (unpaired) electrons. The number of aryl methyl sites for hydroxylation is 1. The van der Waals surface area contributed by atoms with Crippen molar-refractivity contribution in [3.8, 4) is 0 Å². The van der Waals surface area contributed by atoms with Gasteiger partial charge in [0.1, 0.15) is 5.82 Å². The molecule has 0 bridgehead atoms. The molecule has 90 valence electrons. The van der Waals surface area contributed by atoms with Gasteiger partial charge in [-0.2, -0.15) is 0 Å². The Balaban J connectivity index is 2.52. The van der Waals surface area contributed by atoms with E-state index in [0.29, 0.717) is 11.5 Å². The van der Waals surface area contributed by atoms with Crippen LogP contribution in [-0.2, 0) is 0 Å². The third-order valence-electron chi connectivity index (χ3n) is 2.92. The molecule has 2 N–H and O–H groups in total. The van der Waals surface area contributed by atoms with E-state index in [1.165, 1.54) is 6.42 Å². The summed E-state index contributed by atoms with van der Waals surface area (Å²) in [6, 6.07) is 5.26. The summed E-state index contributed by atoms with van der Waals surface area (Å²) in [7, 11) is 0. The van der Waals surface area contributed by atoms with Gasteiger partial charge >= 0.3 is 0 Å². The molecule has 0 spiro atoms. The molecule has 1 aromatic carbocycles. The van der Waals surface area contributed by atoms with Gasteiger partial charge in [-0.3, -0.25) is 0 Å². The first-order chi connectivity index (χ1) is 7.50. The fraction of sp³-hybridized carbons (Fsp3) is 0.571. The van der Waals surface area contributed by atoms with Crippen LogP contribution in [0.25, 0.3) is 0 Å². The van der Waals surface area contributed by atoms with Crippen molar-refractivity contribution in [1.29, 1.82) is 0 Å². The predicted molar refractivity (Wildman–Crippen MR) is 66.8 cm³/mol. The van der Waals surface area contributed by atoms with E-state index in [9.17, 15) is 4.39 Å². The molecule has 0 aromatic heterocycles. The van der Waals surface area contributed by atoms with E-state index >= 15 is 0 Å². The van der Waals surface area contributed by atoms with Gasteiger partial charge in [0.05, 0.1) is 0 Å². The first kappa shape index (κ1) is 13.2. The smallest absolute Gasteiger partial charge is 0.126 e. The Kier molecular flexibility index (Phi) is 4.94. The summed E-state index contributed by atoms with van der Waals surface area (Å²) in [5.41, 5.74) is 7.62. The summed E-state index contributed by atoms with van der Waals surface area (Å²) in [6.07, 6.45) is 3.22. The number of hydrogen-bond donors (Lipinski definition) is 1. The normalized spacial score (nSPS) is 13.1. The number of rotatable bonds is 5. The van der Waals surface area contributed by atoms with Crippen molar-refractivity contribution in [1.82, 2.24) is 0 Å². The van der Waals surface area contributed by atoms with Crippen LogP contribution in [0.2, 0.25) is 0 Å². The third-order valence-corrected chi connectivity index (χ3v) is 2.92. The Bertz CT molecular complexity index is 334. The van der Waals surface area contributed by atoms with Crippen molar-refractivity contribution in [3.63, 3.8) is 0 Å². The summed E-state index contributed by atoms with van der Waals surface area (Å²) in [4.78, 5) is 0. The number of nitrogens with two attached hydrogens (primary N) is 1. The first-order valence-electron chi connectivity index (χ1n) is 6.02. The maximum Gasteiger partial charge on any atom is 0.126 e. The van der Waals surface area contributed by atoms with Crippen LogP contribution in [0.1, 0.15) is 50.3 Å². The molecular formula is C14H22FN. The second-order valence-electron chi connectivity index (χ2n) is 4.94. The van der Waals surface area contributed by atoms with Gasteiger partial charge in [0.2, 0.25) is 0 Å². The van der Waals surface area contributed by atoms with Crippen molar-refractivity contribution < 1.29 is 4.39 Å². The van der Waals surface area contributed by atoms with Crippen LogP contribution in [0, 0.1) is 18.7 Å². The van der Waals surface area contributed by atoms with E-state index in [1.54, 1.807) is 19.1 Å². The molecule has 0 aliphatic heterocycles. The van der Waals surface area contributed by atoms with Crippen LogP contribution in [-0.4, -0.2) is 0 Å². The number of hydrogen-bond acceptors (Lipinski definition) is 1. The summed E-state index contributed by atoms with van der Waals surface area (Å²) in [5, 5.41) is 0. The van der Waals surface area contributed by atoms with Crippen molar-refractivity contribution >= 4 is 0 Å². The minimum absolute atomic E-state index is 0.0335. The van der Waals surface area contributed by atoms with Crippen molar-refractivity contribution in [2.45, 2.75) is 46.1 Å². The van der Waals surface area contributed by atoms with Crippen LogP contribution >= 0.6 is 0 Å². The first-order valence-corrected chi connectivity index (χ1v) is 6.02. The highest BCUT2D eigenvalue weighted by Gasteiger charge is 2.08. The standard InChI is InChI=1S/C14H22FN/c1-10(2)5-4-6-14(16)12-8-7-11(3)13(15)9-12/h7-10,14H,4-6,16H2,1-3H3. The molecule has 0 heterocycles. The van der Waals surface area contributed by atoms with Gasteiger partial charge in [0.25, 0.3) is 0 Å². The van der Waals surface area contributed by atoms with Crippen molar-refractivity contribution in [3.05, 3.63) is 35.1 Å². The Morgan fingerprint density at radius 3 is 2.50 bits per heavy atom. The van der Waals surface area contributed by atoms with E-state index in [-0.39, 0.29) is 11.9 Å². The monoisotopic (exact) mass is 223 g/mol.